The van der Waals surface area contributed by atoms with Crippen LogP contribution in [0.2, 0.25) is 10.0 Å². The molecule has 2 aromatic rings. The number of benzene rings is 2. The molecule has 0 aliphatic rings. The van der Waals surface area contributed by atoms with Gasteiger partial charge in [-0.25, -0.2) is 0 Å². The third-order valence-electron chi connectivity index (χ3n) is 3.05. The predicted molar refractivity (Wildman–Crippen MR) is 84.9 cm³/mol. The summed E-state index contributed by atoms with van der Waals surface area (Å²) in [5.74, 6) is 0.725. The van der Waals surface area contributed by atoms with E-state index in [0.717, 1.165) is 18.7 Å². The zero-order chi connectivity index (χ0) is 14.4. The Balaban J connectivity index is 2.04. The van der Waals surface area contributed by atoms with Gasteiger partial charge in [0, 0.05) is 6.07 Å². The second-order valence-corrected chi connectivity index (χ2v) is 5.30. The van der Waals surface area contributed by atoms with Gasteiger partial charge in [0.25, 0.3) is 0 Å². The predicted octanol–water partition coefficient (Wildman–Crippen LogP) is 4.33. The van der Waals surface area contributed by atoms with E-state index in [1.807, 2.05) is 25.2 Å². The molecular weight excluding hydrogens is 293 g/mol. The number of halogens is 2. The van der Waals surface area contributed by atoms with E-state index in [1.54, 1.807) is 12.1 Å². The Kier molecular flexibility index (Phi) is 5.72. The molecule has 0 aliphatic carbocycles. The molecule has 2 rings (SSSR count). The molecule has 4 heteroatoms. The highest BCUT2D eigenvalue weighted by atomic mass is 35.5. The van der Waals surface area contributed by atoms with Crippen molar-refractivity contribution in [3.05, 3.63) is 63.6 Å². The summed E-state index contributed by atoms with van der Waals surface area (Å²) in [6.45, 7) is 1.47. The maximum atomic E-state index is 5.98. The first kappa shape index (κ1) is 15.2. The molecular formula is C16H17Cl2NO. The highest BCUT2D eigenvalue weighted by Crippen LogP contribution is 2.27. The van der Waals surface area contributed by atoms with Gasteiger partial charge in [-0.3, -0.25) is 0 Å². The smallest absolute Gasteiger partial charge is 0.121 e. The van der Waals surface area contributed by atoms with Crippen LogP contribution in [0.4, 0.5) is 0 Å². The summed E-state index contributed by atoms with van der Waals surface area (Å²) in [6.07, 6.45) is 0.984. The molecule has 106 valence electrons. The van der Waals surface area contributed by atoms with E-state index >= 15 is 0 Å². The summed E-state index contributed by atoms with van der Waals surface area (Å²) in [4.78, 5) is 0. The van der Waals surface area contributed by atoms with Crippen molar-refractivity contribution >= 4 is 23.2 Å². The Bertz CT molecular complexity index is 572. The molecule has 0 heterocycles. The first-order valence-corrected chi connectivity index (χ1v) is 7.25. The minimum absolute atomic E-state index is 0.507. The summed E-state index contributed by atoms with van der Waals surface area (Å²) in [6, 6.07) is 13.6. The monoisotopic (exact) mass is 309 g/mol. The van der Waals surface area contributed by atoms with Crippen LogP contribution < -0.4 is 10.1 Å². The fourth-order valence-electron chi connectivity index (χ4n) is 1.93. The fourth-order valence-corrected chi connectivity index (χ4v) is 2.22. The van der Waals surface area contributed by atoms with E-state index in [2.05, 4.69) is 17.4 Å². The minimum Gasteiger partial charge on any atom is -0.489 e. The number of nitrogens with one attached hydrogen (secondary N) is 1. The number of ether oxygens (including phenoxy) is 1. The van der Waals surface area contributed by atoms with Gasteiger partial charge in [0.15, 0.2) is 0 Å². The summed E-state index contributed by atoms with van der Waals surface area (Å²) >= 11 is 11.9. The minimum atomic E-state index is 0.507. The topological polar surface area (TPSA) is 21.3 Å². The lowest BCUT2D eigenvalue weighted by Crippen LogP contribution is -2.12. The van der Waals surface area contributed by atoms with Gasteiger partial charge in [0.2, 0.25) is 0 Å². The second-order valence-electron chi connectivity index (χ2n) is 4.49. The molecule has 0 fully saturated rings. The molecule has 0 spiro atoms. The summed E-state index contributed by atoms with van der Waals surface area (Å²) < 4.78 is 5.79. The quantitative estimate of drug-likeness (QED) is 0.857. The van der Waals surface area contributed by atoms with Crippen molar-refractivity contribution in [1.82, 2.24) is 5.32 Å². The van der Waals surface area contributed by atoms with E-state index in [-0.39, 0.29) is 0 Å². The van der Waals surface area contributed by atoms with E-state index in [4.69, 9.17) is 27.9 Å². The van der Waals surface area contributed by atoms with Gasteiger partial charge in [-0.1, -0.05) is 47.5 Å². The van der Waals surface area contributed by atoms with Crippen LogP contribution in [0, 0.1) is 0 Å². The molecule has 0 bridgehead atoms. The van der Waals surface area contributed by atoms with Crippen LogP contribution in [-0.4, -0.2) is 13.6 Å². The van der Waals surface area contributed by atoms with E-state index in [9.17, 15) is 0 Å². The van der Waals surface area contributed by atoms with Crippen molar-refractivity contribution in [3.63, 3.8) is 0 Å². The third kappa shape index (κ3) is 4.14. The lowest BCUT2D eigenvalue weighted by atomic mass is 10.1. The Morgan fingerprint density at radius 3 is 2.45 bits per heavy atom. The third-order valence-corrected chi connectivity index (χ3v) is 3.79. The lowest BCUT2D eigenvalue weighted by molar-refractivity contribution is 0.305. The molecule has 0 amide bonds. The van der Waals surface area contributed by atoms with Crippen molar-refractivity contribution in [3.8, 4) is 5.75 Å². The first-order valence-electron chi connectivity index (χ1n) is 6.50. The van der Waals surface area contributed by atoms with Crippen LogP contribution in [0.25, 0.3) is 0 Å². The van der Waals surface area contributed by atoms with Crippen LogP contribution in [-0.2, 0) is 13.0 Å². The van der Waals surface area contributed by atoms with Gasteiger partial charge in [-0.05, 0) is 43.3 Å². The van der Waals surface area contributed by atoms with E-state index < -0.39 is 0 Å². The van der Waals surface area contributed by atoms with E-state index in [0.29, 0.717) is 16.7 Å². The van der Waals surface area contributed by atoms with Crippen molar-refractivity contribution in [1.29, 1.82) is 0 Å². The molecule has 0 saturated heterocycles. The van der Waals surface area contributed by atoms with Gasteiger partial charge in [-0.2, -0.15) is 0 Å². The normalized spacial score (nSPS) is 10.6. The largest absolute Gasteiger partial charge is 0.489 e. The standard InChI is InChI=1S/C16H17Cl2NO/c1-19-9-8-12-4-2-3-5-13(12)11-20-14-6-7-15(17)16(18)10-14/h2-7,10,19H,8-9,11H2,1H3. The molecule has 2 aromatic carbocycles. The molecule has 0 aliphatic heterocycles. The number of rotatable bonds is 6. The molecule has 1 N–H and O–H groups in total. The number of likely N-dealkylation sites (N-methyl/N-ethyl adjacent to an activating group) is 1. The maximum Gasteiger partial charge on any atom is 0.121 e. The maximum absolute atomic E-state index is 5.98. The van der Waals surface area contributed by atoms with E-state index in [1.165, 1.54) is 11.1 Å². The molecule has 0 aromatic heterocycles. The lowest BCUT2D eigenvalue weighted by Gasteiger charge is -2.11. The molecule has 2 nitrogen and oxygen atoms in total. The van der Waals surface area contributed by atoms with Crippen LogP contribution in [0.1, 0.15) is 11.1 Å². The Hall–Kier alpha value is -1.22. The molecule has 0 unspecified atom stereocenters. The summed E-state index contributed by atoms with van der Waals surface area (Å²) in [5.41, 5.74) is 2.48. The zero-order valence-corrected chi connectivity index (χ0v) is 12.8. The number of hydrogen-bond acceptors (Lipinski definition) is 2. The highest BCUT2D eigenvalue weighted by Gasteiger charge is 2.04. The van der Waals surface area contributed by atoms with Gasteiger partial charge in [0.05, 0.1) is 10.0 Å². The van der Waals surface area contributed by atoms with Crippen molar-refractivity contribution in [2.24, 2.45) is 0 Å². The molecule has 0 radical (unpaired) electrons. The summed E-state index contributed by atoms with van der Waals surface area (Å²) in [7, 11) is 1.95. The molecule has 0 atom stereocenters. The SMILES string of the molecule is CNCCc1ccccc1COc1ccc(Cl)c(Cl)c1. The Morgan fingerprint density at radius 1 is 1.00 bits per heavy atom. The van der Waals surface area contributed by atoms with Crippen LogP contribution in [0.15, 0.2) is 42.5 Å². The van der Waals surface area contributed by atoms with Crippen LogP contribution in [0.5, 0.6) is 5.75 Å². The van der Waals surface area contributed by atoms with Crippen molar-refractivity contribution < 1.29 is 4.74 Å². The van der Waals surface area contributed by atoms with Crippen LogP contribution >= 0.6 is 23.2 Å². The average Bonchev–Trinajstić information content (AvgIpc) is 2.47. The van der Waals surface area contributed by atoms with Gasteiger partial charge >= 0.3 is 0 Å². The Morgan fingerprint density at radius 2 is 1.75 bits per heavy atom. The second kappa shape index (κ2) is 7.53. The number of hydrogen-bond donors (Lipinski definition) is 1. The van der Waals surface area contributed by atoms with Gasteiger partial charge in [0.1, 0.15) is 12.4 Å². The average molecular weight is 310 g/mol. The molecule has 20 heavy (non-hydrogen) atoms. The highest BCUT2D eigenvalue weighted by molar-refractivity contribution is 6.42. The first-order chi connectivity index (χ1) is 9.70. The van der Waals surface area contributed by atoms with Crippen LogP contribution in [0.3, 0.4) is 0 Å². The van der Waals surface area contributed by atoms with Gasteiger partial charge < -0.3 is 10.1 Å². The fraction of sp³-hybridized carbons (Fsp3) is 0.250. The summed E-state index contributed by atoms with van der Waals surface area (Å²) in [5, 5.41) is 4.20. The zero-order valence-electron chi connectivity index (χ0n) is 11.3. The molecule has 0 saturated carbocycles. The van der Waals surface area contributed by atoms with Crippen molar-refractivity contribution in [2.75, 3.05) is 13.6 Å². The van der Waals surface area contributed by atoms with Crippen molar-refractivity contribution in [2.45, 2.75) is 13.0 Å². The Labute approximate surface area is 129 Å². The van der Waals surface area contributed by atoms with Gasteiger partial charge in [-0.15, -0.1) is 0 Å².